The van der Waals surface area contributed by atoms with Gasteiger partial charge >= 0.3 is 0 Å². The van der Waals surface area contributed by atoms with Gasteiger partial charge in [0, 0.05) is 25.1 Å². The number of rotatable bonds is 8. The summed E-state index contributed by atoms with van der Waals surface area (Å²) in [6.07, 6.45) is 1.74. The highest BCUT2D eigenvalue weighted by Gasteiger charge is 2.34. The molecule has 0 aliphatic carbocycles. The monoisotopic (exact) mass is 408 g/mol. The lowest BCUT2D eigenvalue weighted by Crippen LogP contribution is -2.47. The van der Waals surface area contributed by atoms with E-state index in [1.54, 1.807) is 20.1 Å². The van der Waals surface area contributed by atoms with Gasteiger partial charge in [-0.25, -0.2) is 13.1 Å². The number of nitrogens with one attached hydrogen (secondary N) is 2. The van der Waals surface area contributed by atoms with Gasteiger partial charge in [0.05, 0.1) is 25.7 Å². The van der Waals surface area contributed by atoms with E-state index in [1.165, 1.54) is 20.3 Å². The molecule has 0 unspecified atom stereocenters. The SMILES string of the molecule is COCC1(CNS(=O)(=O)c2cc(OC)c(OC)cc2C)CCNCC1.Cl. The molecule has 2 N–H and O–H groups in total. The average molecular weight is 409 g/mol. The van der Waals surface area contributed by atoms with Crippen LogP contribution in [0.25, 0.3) is 0 Å². The molecule has 0 atom stereocenters. The largest absolute Gasteiger partial charge is 0.493 e. The summed E-state index contributed by atoms with van der Waals surface area (Å²) in [5.74, 6) is 0.898. The molecule has 0 spiro atoms. The molecule has 150 valence electrons. The van der Waals surface area contributed by atoms with Gasteiger partial charge in [0.15, 0.2) is 11.5 Å². The Morgan fingerprint density at radius 3 is 2.23 bits per heavy atom. The fourth-order valence-corrected chi connectivity index (χ4v) is 4.61. The summed E-state index contributed by atoms with van der Waals surface area (Å²) in [6.45, 7) is 4.34. The zero-order valence-corrected chi connectivity index (χ0v) is 17.4. The molecule has 0 saturated carbocycles. The van der Waals surface area contributed by atoms with Crippen LogP contribution < -0.4 is 19.5 Å². The zero-order chi connectivity index (χ0) is 18.5. The van der Waals surface area contributed by atoms with Gasteiger partial charge in [0.25, 0.3) is 0 Å². The van der Waals surface area contributed by atoms with Gasteiger partial charge in [-0.3, -0.25) is 0 Å². The summed E-state index contributed by atoms with van der Waals surface area (Å²) >= 11 is 0. The minimum Gasteiger partial charge on any atom is -0.493 e. The Balaban J connectivity index is 0.00000338. The van der Waals surface area contributed by atoms with Crippen LogP contribution in [0.3, 0.4) is 0 Å². The molecule has 2 rings (SSSR count). The third-order valence-corrected chi connectivity index (χ3v) is 6.27. The molecule has 0 amide bonds. The maximum absolute atomic E-state index is 12.8. The minimum atomic E-state index is -3.67. The maximum Gasteiger partial charge on any atom is 0.240 e. The summed E-state index contributed by atoms with van der Waals surface area (Å²) in [4.78, 5) is 0.201. The number of ether oxygens (including phenoxy) is 3. The zero-order valence-electron chi connectivity index (χ0n) is 15.8. The normalized spacial score (nSPS) is 16.6. The van der Waals surface area contributed by atoms with Gasteiger partial charge in [-0.1, -0.05) is 0 Å². The fraction of sp³-hybridized carbons (Fsp3) is 0.647. The Labute approximate surface area is 162 Å². The number of hydrogen-bond donors (Lipinski definition) is 2. The molecule has 1 saturated heterocycles. The Bertz CT molecular complexity index is 685. The molecule has 1 aliphatic rings. The summed E-state index contributed by atoms with van der Waals surface area (Å²) in [5, 5.41) is 3.30. The van der Waals surface area contributed by atoms with E-state index in [1.807, 2.05) is 0 Å². The van der Waals surface area contributed by atoms with E-state index in [9.17, 15) is 8.42 Å². The van der Waals surface area contributed by atoms with Crippen molar-refractivity contribution in [1.82, 2.24) is 10.0 Å². The van der Waals surface area contributed by atoms with Crippen LogP contribution >= 0.6 is 12.4 Å². The van der Waals surface area contributed by atoms with Crippen molar-refractivity contribution < 1.29 is 22.6 Å². The van der Waals surface area contributed by atoms with Gasteiger partial charge in [0.2, 0.25) is 10.0 Å². The molecule has 0 bridgehead atoms. The van der Waals surface area contributed by atoms with Gasteiger partial charge in [-0.2, -0.15) is 0 Å². The Kier molecular flexibility index (Phi) is 8.62. The van der Waals surface area contributed by atoms with Gasteiger partial charge in [-0.15, -0.1) is 12.4 Å². The standard InChI is InChI=1S/C17H28N2O5S.ClH/c1-13-9-14(23-3)15(24-4)10-16(13)25(20,21)19-11-17(12-22-2)5-7-18-8-6-17;/h9-10,18-19H,5-8,11-12H2,1-4H3;1H. The first-order chi connectivity index (χ1) is 11.9. The topological polar surface area (TPSA) is 85.9 Å². The molecule has 7 nitrogen and oxygen atoms in total. The molecular weight excluding hydrogens is 380 g/mol. The summed E-state index contributed by atoms with van der Waals surface area (Å²) in [5.41, 5.74) is 0.425. The molecule has 1 fully saturated rings. The van der Waals surface area contributed by atoms with Crippen molar-refractivity contribution in [3.63, 3.8) is 0 Å². The van der Waals surface area contributed by atoms with Crippen LogP contribution in [0.5, 0.6) is 11.5 Å². The van der Waals surface area contributed by atoms with Crippen LogP contribution in [-0.4, -0.2) is 56.0 Å². The van der Waals surface area contributed by atoms with E-state index in [2.05, 4.69) is 10.0 Å². The second-order valence-corrected chi connectivity index (χ2v) is 8.22. The minimum absolute atomic E-state index is 0. The van der Waals surface area contributed by atoms with Crippen LogP contribution in [0.15, 0.2) is 17.0 Å². The van der Waals surface area contributed by atoms with Crippen LogP contribution in [0, 0.1) is 12.3 Å². The van der Waals surface area contributed by atoms with Gasteiger partial charge < -0.3 is 19.5 Å². The molecule has 0 radical (unpaired) electrons. The number of piperidine rings is 1. The van der Waals surface area contributed by atoms with E-state index in [-0.39, 0.29) is 22.7 Å². The predicted octanol–water partition coefficient (Wildman–Crippen LogP) is 1.73. The smallest absolute Gasteiger partial charge is 0.240 e. The van der Waals surface area contributed by atoms with E-state index in [0.29, 0.717) is 30.2 Å². The van der Waals surface area contributed by atoms with Crippen molar-refractivity contribution in [3.8, 4) is 11.5 Å². The van der Waals surface area contributed by atoms with E-state index in [4.69, 9.17) is 14.2 Å². The number of methoxy groups -OCH3 is 3. The third kappa shape index (κ3) is 5.23. The van der Waals surface area contributed by atoms with Crippen molar-refractivity contribution in [2.45, 2.75) is 24.7 Å². The van der Waals surface area contributed by atoms with E-state index < -0.39 is 10.0 Å². The molecule has 1 aromatic rings. The second-order valence-electron chi connectivity index (χ2n) is 6.48. The van der Waals surface area contributed by atoms with Gasteiger partial charge in [-0.05, 0) is 44.5 Å². The third-order valence-electron chi connectivity index (χ3n) is 4.72. The molecule has 9 heteroatoms. The Morgan fingerprint density at radius 1 is 1.12 bits per heavy atom. The van der Waals surface area contributed by atoms with Crippen LogP contribution in [0.4, 0.5) is 0 Å². The van der Waals surface area contributed by atoms with E-state index >= 15 is 0 Å². The number of halogens is 1. The van der Waals surface area contributed by atoms with E-state index in [0.717, 1.165) is 25.9 Å². The molecule has 26 heavy (non-hydrogen) atoms. The molecule has 0 aromatic heterocycles. The quantitative estimate of drug-likeness (QED) is 0.681. The first kappa shape index (κ1) is 23.0. The van der Waals surface area contributed by atoms with Crippen molar-refractivity contribution >= 4 is 22.4 Å². The second kappa shape index (κ2) is 9.75. The van der Waals surface area contributed by atoms with Crippen molar-refractivity contribution in [2.24, 2.45) is 5.41 Å². The predicted molar refractivity (Wildman–Crippen MR) is 103 cm³/mol. The highest BCUT2D eigenvalue weighted by atomic mass is 35.5. The Morgan fingerprint density at radius 2 is 1.69 bits per heavy atom. The summed E-state index contributed by atoms with van der Waals surface area (Å²) in [6, 6.07) is 3.17. The fourth-order valence-electron chi connectivity index (χ4n) is 3.21. The number of benzene rings is 1. The highest BCUT2D eigenvalue weighted by molar-refractivity contribution is 7.89. The lowest BCUT2D eigenvalue weighted by atomic mass is 9.80. The van der Waals surface area contributed by atoms with Crippen molar-refractivity contribution in [1.29, 1.82) is 0 Å². The molecule has 1 heterocycles. The van der Waals surface area contributed by atoms with Crippen molar-refractivity contribution in [2.75, 3.05) is 47.6 Å². The van der Waals surface area contributed by atoms with Gasteiger partial charge in [0.1, 0.15) is 0 Å². The van der Waals surface area contributed by atoms with Crippen LogP contribution in [0.1, 0.15) is 18.4 Å². The number of sulfonamides is 1. The first-order valence-corrected chi connectivity index (χ1v) is 9.78. The number of aryl methyl sites for hydroxylation is 1. The molecular formula is C17H29ClN2O5S. The summed E-state index contributed by atoms with van der Waals surface area (Å²) in [7, 11) is 0.993. The Hall–Kier alpha value is -1.06. The molecule has 1 aliphatic heterocycles. The summed E-state index contributed by atoms with van der Waals surface area (Å²) < 4.78 is 44.3. The average Bonchev–Trinajstić information content (AvgIpc) is 2.61. The lowest BCUT2D eigenvalue weighted by Gasteiger charge is -2.37. The molecule has 1 aromatic carbocycles. The van der Waals surface area contributed by atoms with Crippen LogP contribution in [0.2, 0.25) is 0 Å². The first-order valence-electron chi connectivity index (χ1n) is 8.29. The highest BCUT2D eigenvalue weighted by Crippen LogP contribution is 2.33. The lowest BCUT2D eigenvalue weighted by molar-refractivity contribution is 0.0577. The maximum atomic E-state index is 12.8. The number of hydrogen-bond acceptors (Lipinski definition) is 6. The van der Waals surface area contributed by atoms with Crippen molar-refractivity contribution in [3.05, 3.63) is 17.7 Å². The van der Waals surface area contributed by atoms with Crippen LogP contribution in [-0.2, 0) is 14.8 Å².